The highest BCUT2D eigenvalue weighted by molar-refractivity contribution is 5.33. The summed E-state index contributed by atoms with van der Waals surface area (Å²) in [6, 6.07) is 11.0. The summed E-state index contributed by atoms with van der Waals surface area (Å²) in [4.78, 5) is 9.50. The molecule has 3 rings (SSSR count). The minimum atomic E-state index is 0.143. The molecule has 4 unspecified atom stereocenters. The van der Waals surface area contributed by atoms with Gasteiger partial charge in [-0.1, -0.05) is 57.3 Å². The monoisotopic (exact) mass is 378 g/mol. The highest BCUT2D eigenvalue weighted by Crippen LogP contribution is 2.41. The Bertz CT molecular complexity index is 880. The van der Waals surface area contributed by atoms with E-state index in [1.807, 2.05) is 0 Å². The van der Waals surface area contributed by atoms with Gasteiger partial charge < -0.3 is 14.4 Å². The van der Waals surface area contributed by atoms with Gasteiger partial charge in [0.1, 0.15) is 5.82 Å². The van der Waals surface area contributed by atoms with Crippen molar-refractivity contribution in [3.8, 4) is 0 Å². The zero-order valence-corrected chi connectivity index (χ0v) is 18.4. The second kappa shape index (κ2) is 7.50. The minimum absolute atomic E-state index is 0.143. The number of aromatic nitrogens is 2. The van der Waals surface area contributed by atoms with Crippen LogP contribution in [0.1, 0.15) is 48.5 Å². The Morgan fingerprint density at radius 2 is 1.36 bits per heavy atom. The van der Waals surface area contributed by atoms with Crippen LogP contribution in [-0.4, -0.2) is 45.5 Å². The van der Waals surface area contributed by atoms with Gasteiger partial charge in [0.05, 0.1) is 17.8 Å². The first kappa shape index (κ1) is 20.2. The largest absolute Gasteiger partial charge is 0.368 e. The molecule has 0 radical (unpaired) electrons. The summed E-state index contributed by atoms with van der Waals surface area (Å²) in [6.45, 7) is 17.7. The van der Waals surface area contributed by atoms with E-state index in [2.05, 4.69) is 107 Å². The van der Waals surface area contributed by atoms with Gasteiger partial charge in [-0.15, -0.1) is 0 Å². The van der Waals surface area contributed by atoms with E-state index in [1.165, 1.54) is 11.3 Å². The van der Waals surface area contributed by atoms with Crippen molar-refractivity contribution in [1.29, 1.82) is 0 Å². The molecule has 2 heterocycles. The number of rotatable bonds is 4. The van der Waals surface area contributed by atoms with E-state index in [9.17, 15) is 0 Å². The summed E-state index contributed by atoms with van der Waals surface area (Å²) in [7, 11) is 6.38. The SMILES string of the molecule is C=C1C(C(C)c2nc(C)n(C)c2C)N(C)C(=C)C(C(C)c2ccccc2)N1C. The van der Waals surface area contributed by atoms with Crippen LogP contribution >= 0.6 is 0 Å². The number of piperazine rings is 1. The number of hydrogen-bond acceptors (Lipinski definition) is 3. The number of likely N-dealkylation sites (N-methyl/N-ethyl adjacent to an activating group) is 2. The first-order valence-electron chi connectivity index (χ1n) is 10.0. The van der Waals surface area contributed by atoms with Crippen LogP contribution in [0.25, 0.3) is 0 Å². The van der Waals surface area contributed by atoms with Crippen molar-refractivity contribution in [3.05, 3.63) is 77.7 Å². The van der Waals surface area contributed by atoms with E-state index >= 15 is 0 Å². The Morgan fingerprint density at radius 1 is 0.857 bits per heavy atom. The highest BCUT2D eigenvalue weighted by Gasteiger charge is 2.41. The molecule has 1 aromatic heterocycles. The predicted molar refractivity (Wildman–Crippen MR) is 117 cm³/mol. The molecule has 0 aliphatic carbocycles. The molecule has 1 aliphatic heterocycles. The van der Waals surface area contributed by atoms with Crippen LogP contribution in [0.15, 0.2) is 54.9 Å². The van der Waals surface area contributed by atoms with Gasteiger partial charge in [0.15, 0.2) is 0 Å². The summed E-state index contributed by atoms with van der Waals surface area (Å²) in [5.74, 6) is 1.60. The van der Waals surface area contributed by atoms with Crippen molar-refractivity contribution in [2.75, 3.05) is 14.1 Å². The van der Waals surface area contributed by atoms with Crippen LogP contribution in [-0.2, 0) is 7.05 Å². The van der Waals surface area contributed by atoms with Crippen molar-refractivity contribution >= 4 is 0 Å². The van der Waals surface area contributed by atoms with E-state index in [0.717, 1.165) is 22.9 Å². The molecule has 1 saturated heterocycles. The molecule has 0 saturated carbocycles. The van der Waals surface area contributed by atoms with Crippen LogP contribution in [0.5, 0.6) is 0 Å². The van der Waals surface area contributed by atoms with E-state index in [0.29, 0.717) is 5.92 Å². The Morgan fingerprint density at radius 3 is 1.82 bits per heavy atom. The highest BCUT2D eigenvalue weighted by atomic mass is 15.3. The zero-order valence-electron chi connectivity index (χ0n) is 18.4. The lowest BCUT2D eigenvalue weighted by Gasteiger charge is -2.51. The molecule has 0 N–H and O–H groups in total. The fourth-order valence-corrected chi connectivity index (χ4v) is 4.73. The van der Waals surface area contributed by atoms with Gasteiger partial charge in [-0.25, -0.2) is 4.98 Å². The fourth-order valence-electron chi connectivity index (χ4n) is 4.73. The van der Waals surface area contributed by atoms with E-state index in [-0.39, 0.29) is 18.0 Å². The smallest absolute Gasteiger partial charge is 0.105 e. The van der Waals surface area contributed by atoms with Gasteiger partial charge in [0.25, 0.3) is 0 Å². The molecule has 4 atom stereocenters. The first-order valence-corrected chi connectivity index (χ1v) is 10.0. The van der Waals surface area contributed by atoms with Crippen molar-refractivity contribution in [1.82, 2.24) is 19.4 Å². The third kappa shape index (κ3) is 3.15. The topological polar surface area (TPSA) is 24.3 Å². The van der Waals surface area contributed by atoms with E-state index < -0.39 is 0 Å². The molecule has 4 nitrogen and oxygen atoms in total. The van der Waals surface area contributed by atoms with Crippen LogP contribution in [0.4, 0.5) is 0 Å². The summed E-state index contributed by atoms with van der Waals surface area (Å²) in [5, 5.41) is 0. The number of imidazole rings is 1. The van der Waals surface area contributed by atoms with Gasteiger partial charge in [-0.3, -0.25) is 0 Å². The van der Waals surface area contributed by atoms with Gasteiger partial charge >= 0.3 is 0 Å². The maximum absolute atomic E-state index is 4.85. The second-order valence-corrected chi connectivity index (χ2v) is 8.27. The normalized spacial score (nSPS) is 22.5. The van der Waals surface area contributed by atoms with Crippen LogP contribution < -0.4 is 0 Å². The summed E-state index contributed by atoms with van der Waals surface area (Å²) in [6.07, 6.45) is 0. The molecular weight excluding hydrogens is 344 g/mol. The van der Waals surface area contributed by atoms with Crippen LogP contribution in [0.2, 0.25) is 0 Å². The fraction of sp³-hybridized carbons (Fsp3) is 0.458. The molecule has 4 heteroatoms. The van der Waals surface area contributed by atoms with Gasteiger partial charge in [-0.2, -0.15) is 0 Å². The zero-order chi connectivity index (χ0) is 20.7. The lowest BCUT2D eigenvalue weighted by Crippen LogP contribution is -2.54. The first-order chi connectivity index (χ1) is 13.2. The molecule has 1 aliphatic rings. The average Bonchev–Trinajstić information content (AvgIpc) is 2.94. The molecule has 0 spiro atoms. The average molecular weight is 379 g/mol. The molecule has 150 valence electrons. The molecule has 2 aromatic rings. The lowest BCUT2D eigenvalue weighted by atomic mass is 9.83. The Balaban J connectivity index is 1.93. The predicted octanol–water partition coefficient (Wildman–Crippen LogP) is 4.59. The number of benzene rings is 1. The third-order valence-electron chi connectivity index (χ3n) is 6.77. The number of nitrogens with zero attached hydrogens (tertiary/aromatic N) is 4. The maximum atomic E-state index is 4.85. The van der Waals surface area contributed by atoms with Crippen molar-refractivity contribution in [3.63, 3.8) is 0 Å². The molecule has 0 amide bonds. The number of aryl methyl sites for hydroxylation is 1. The number of hydrogen-bond donors (Lipinski definition) is 0. The van der Waals surface area contributed by atoms with E-state index in [4.69, 9.17) is 4.98 Å². The van der Waals surface area contributed by atoms with Gasteiger partial charge in [0, 0.05) is 50.1 Å². The Labute approximate surface area is 170 Å². The third-order valence-corrected chi connectivity index (χ3v) is 6.77. The quantitative estimate of drug-likeness (QED) is 0.778. The summed E-state index contributed by atoms with van der Waals surface area (Å²) < 4.78 is 2.16. The maximum Gasteiger partial charge on any atom is 0.105 e. The minimum Gasteiger partial charge on any atom is -0.368 e. The van der Waals surface area contributed by atoms with E-state index in [1.54, 1.807) is 0 Å². The molecule has 28 heavy (non-hydrogen) atoms. The van der Waals surface area contributed by atoms with Crippen LogP contribution in [0.3, 0.4) is 0 Å². The lowest BCUT2D eigenvalue weighted by molar-refractivity contribution is 0.135. The Kier molecular flexibility index (Phi) is 5.42. The molecule has 1 fully saturated rings. The van der Waals surface area contributed by atoms with Crippen molar-refractivity contribution in [2.24, 2.45) is 7.05 Å². The second-order valence-electron chi connectivity index (χ2n) is 8.27. The molecular formula is C24H34N4. The van der Waals surface area contributed by atoms with Crippen LogP contribution in [0, 0.1) is 13.8 Å². The van der Waals surface area contributed by atoms with Crippen molar-refractivity contribution in [2.45, 2.75) is 51.6 Å². The van der Waals surface area contributed by atoms with Crippen molar-refractivity contribution < 1.29 is 0 Å². The summed E-state index contributed by atoms with van der Waals surface area (Å²) >= 11 is 0. The Hall–Kier alpha value is -2.49. The standard InChI is InChI=1S/C24H34N4/c1-15(21-13-11-10-12-14-21)23-18(4)28(9)24(19(5)27(23)8)16(2)22-17(3)26(7)20(6)25-22/h10-16,23-24H,4-5H2,1-3,6-9H3. The molecule has 1 aromatic carbocycles. The summed E-state index contributed by atoms with van der Waals surface area (Å²) in [5.41, 5.74) is 5.95. The molecule has 0 bridgehead atoms. The van der Waals surface area contributed by atoms with Gasteiger partial charge in [-0.05, 0) is 19.4 Å². The van der Waals surface area contributed by atoms with Gasteiger partial charge in [0.2, 0.25) is 0 Å².